The minimum Gasteiger partial charge on any atom is -0.354 e. The van der Waals surface area contributed by atoms with Crippen LogP contribution in [-0.2, 0) is 6.54 Å². The highest BCUT2D eigenvalue weighted by Crippen LogP contribution is 2.18. The maximum Gasteiger partial charge on any atom is 0.133 e. The number of pyridine rings is 1. The van der Waals surface area contributed by atoms with E-state index in [2.05, 4.69) is 47.1 Å². The van der Waals surface area contributed by atoms with Crippen molar-refractivity contribution in [2.75, 3.05) is 38.1 Å². The van der Waals surface area contributed by atoms with E-state index in [1.54, 1.807) is 0 Å². The van der Waals surface area contributed by atoms with E-state index in [0.717, 1.165) is 38.5 Å². The lowest BCUT2D eigenvalue weighted by Crippen LogP contribution is -2.45. The van der Waals surface area contributed by atoms with Crippen molar-refractivity contribution < 1.29 is 0 Å². The molecule has 1 aromatic rings. The molecule has 100 valence electrons. The number of piperazine rings is 1. The summed E-state index contributed by atoms with van der Waals surface area (Å²) in [6, 6.07) is 4.71. The SMILES string of the molecule is CC(C)NCc1cccnc1N1CCN(C)CC1. The van der Waals surface area contributed by atoms with Crippen molar-refractivity contribution in [3.8, 4) is 0 Å². The van der Waals surface area contributed by atoms with E-state index in [1.807, 2.05) is 12.3 Å². The first-order chi connectivity index (χ1) is 8.66. The molecule has 2 rings (SSSR count). The number of rotatable bonds is 4. The quantitative estimate of drug-likeness (QED) is 0.871. The summed E-state index contributed by atoms with van der Waals surface area (Å²) in [6.45, 7) is 9.62. The smallest absolute Gasteiger partial charge is 0.133 e. The van der Waals surface area contributed by atoms with Crippen molar-refractivity contribution in [3.63, 3.8) is 0 Å². The fourth-order valence-corrected chi connectivity index (χ4v) is 2.19. The van der Waals surface area contributed by atoms with Crippen LogP contribution in [0.4, 0.5) is 5.82 Å². The van der Waals surface area contributed by atoms with E-state index in [4.69, 9.17) is 0 Å². The van der Waals surface area contributed by atoms with E-state index in [0.29, 0.717) is 6.04 Å². The van der Waals surface area contributed by atoms with Crippen molar-refractivity contribution in [3.05, 3.63) is 23.9 Å². The van der Waals surface area contributed by atoms with Gasteiger partial charge in [-0.15, -0.1) is 0 Å². The van der Waals surface area contributed by atoms with Crippen molar-refractivity contribution in [2.45, 2.75) is 26.4 Å². The van der Waals surface area contributed by atoms with Gasteiger partial charge in [0, 0.05) is 50.5 Å². The Balaban J connectivity index is 2.07. The van der Waals surface area contributed by atoms with E-state index in [-0.39, 0.29) is 0 Å². The Morgan fingerprint density at radius 1 is 1.28 bits per heavy atom. The molecule has 0 spiro atoms. The fourth-order valence-electron chi connectivity index (χ4n) is 2.19. The summed E-state index contributed by atoms with van der Waals surface area (Å²) in [5.74, 6) is 1.15. The van der Waals surface area contributed by atoms with Crippen LogP contribution >= 0.6 is 0 Å². The summed E-state index contributed by atoms with van der Waals surface area (Å²) >= 11 is 0. The monoisotopic (exact) mass is 248 g/mol. The van der Waals surface area contributed by atoms with Crippen molar-refractivity contribution in [1.29, 1.82) is 0 Å². The van der Waals surface area contributed by atoms with Crippen molar-refractivity contribution >= 4 is 5.82 Å². The van der Waals surface area contributed by atoms with Crippen LogP contribution in [0.2, 0.25) is 0 Å². The fraction of sp³-hybridized carbons (Fsp3) is 0.643. The van der Waals surface area contributed by atoms with Gasteiger partial charge in [0.1, 0.15) is 5.82 Å². The van der Waals surface area contributed by atoms with E-state index < -0.39 is 0 Å². The summed E-state index contributed by atoms with van der Waals surface area (Å²) < 4.78 is 0. The summed E-state index contributed by atoms with van der Waals surface area (Å²) in [6.07, 6.45) is 1.90. The molecule has 4 nitrogen and oxygen atoms in total. The second-order valence-electron chi connectivity index (χ2n) is 5.31. The Morgan fingerprint density at radius 2 is 2.00 bits per heavy atom. The maximum atomic E-state index is 4.57. The van der Waals surface area contributed by atoms with Gasteiger partial charge in [-0.2, -0.15) is 0 Å². The van der Waals surface area contributed by atoms with Crippen LogP contribution < -0.4 is 10.2 Å². The Kier molecular flexibility index (Phi) is 4.55. The lowest BCUT2D eigenvalue weighted by molar-refractivity contribution is 0.311. The molecule has 0 saturated carbocycles. The molecule has 4 heteroatoms. The summed E-state index contributed by atoms with van der Waals surface area (Å²) in [5, 5.41) is 3.47. The molecule has 0 unspecified atom stereocenters. The molecule has 0 aliphatic carbocycles. The van der Waals surface area contributed by atoms with Crippen LogP contribution in [-0.4, -0.2) is 49.2 Å². The van der Waals surface area contributed by atoms with Gasteiger partial charge in [0.2, 0.25) is 0 Å². The van der Waals surface area contributed by atoms with E-state index in [9.17, 15) is 0 Å². The van der Waals surface area contributed by atoms with Crippen LogP contribution in [0.5, 0.6) is 0 Å². The molecule has 0 atom stereocenters. The molecule has 0 aromatic carbocycles. The number of hydrogen-bond acceptors (Lipinski definition) is 4. The summed E-state index contributed by atoms with van der Waals surface area (Å²) in [5.41, 5.74) is 1.30. The highest BCUT2D eigenvalue weighted by Gasteiger charge is 2.17. The van der Waals surface area contributed by atoms with Gasteiger partial charge in [-0.05, 0) is 13.1 Å². The highest BCUT2D eigenvalue weighted by molar-refractivity contribution is 5.47. The molecule has 2 heterocycles. The summed E-state index contributed by atoms with van der Waals surface area (Å²) in [4.78, 5) is 9.34. The number of aromatic nitrogens is 1. The second-order valence-corrected chi connectivity index (χ2v) is 5.31. The Bertz CT molecular complexity index is 370. The van der Waals surface area contributed by atoms with Crippen LogP contribution in [0.3, 0.4) is 0 Å². The lowest BCUT2D eigenvalue weighted by Gasteiger charge is -2.34. The third-order valence-corrected chi connectivity index (χ3v) is 3.37. The first-order valence-corrected chi connectivity index (χ1v) is 6.77. The zero-order chi connectivity index (χ0) is 13.0. The largest absolute Gasteiger partial charge is 0.354 e. The molecule has 1 fully saturated rings. The van der Waals surface area contributed by atoms with Crippen molar-refractivity contribution in [2.24, 2.45) is 0 Å². The number of hydrogen-bond donors (Lipinski definition) is 1. The van der Waals surface area contributed by atoms with Crippen LogP contribution in [0, 0.1) is 0 Å². The number of likely N-dealkylation sites (N-methyl/N-ethyl adjacent to an activating group) is 1. The van der Waals surface area contributed by atoms with Gasteiger partial charge < -0.3 is 15.1 Å². The minimum atomic E-state index is 0.505. The van der Waals surface area contributed by atoms with Crippen LogP contribution in [0.15, 0.2) is 18.3 Å². The standard InChI is InChI=1S/C14H24N4/c1-12(2)16-11-13-5-4-6-15-14(13)18-9-7-17(3)8-10-18/h4-6,12,16H,7-11H2,1-3H3. The summed E-state index contributed by atoms with van der Waals surface area (Å²) in [7, 11) is 2.18. The third kappa shape index (κ3) is 3.43. The molecule has 0 radical (unpaired) electrons. The number of nitrogens with zero attached hydrogens (tertiary/aromatic N) is 3. The van der Waals surface area contributed by atoms with Gasteiger partial charge >= 0.3 is 0 Å². The molecular weight excluding hydrogens is 224 g/mol. The Labute approximate surface area is 110 Å². The first kappa shape index (κ1) is 13.3. The maximum absolute atomic E-state index is 4.57. The first-order valence-electron chi connectivity index (χ1n) is 6.77. The molecule has 1 aliphatic rings. The van der Waals surface area contributed by atoms with Crippen molar-refractivity contribution in [1.82, 2.24) is 15.2 Å². The van der Waals surface area contributed by atoms with Gasteiger partial charge in [-0.1, -0.05) is 19.9 Å². The predicted octanol–water partition coefficient (Wildman–Crippen LogP) is 1.33. The van der Waals surface area contributed by atoms with Crippen LogP contribution in [0.25, 0.3) is 0 Å². The highest BCUT2D eigenvalue weighted by atomic mass is 15.3. The van der Waals surface area contributed by atoms with Gasteiger partial charge in [0.25, 0.3) is 0 Å². The van der Waals surface area contributed by atoms with Gasteiger partial charge in [0.05, 0.1) is 0 Å². The van der Waals surface area contributed by atoms with Crippen LogP contribution in [0.1, 0.15) is 19.4 Å². The lowest BCUT2D eigenvalue weighted by atomic mass is 10.2. The second kappa shape index (κ2) is 6.16. The number of nitrogens with one attached hydrogen (secondary N) is 1. The van der Waals surface area contributed by atoms with E-state index in [1.165, 1.54) is 5.56 Å². The van der Waals surface area contributed by atoms with E-state index >= 15 is 0 Å². The molecule has 1 saturated heterocycles. The average molecular weight is 248 g/mol. The molecule has 18 heavy (non-hydrogen) atoms. The predicted molar refractivity (Wildman–Crippen MR) is 75.9 cm³/mol. The minimum absolute atomic E-state index is 0.505. The topological polar surface area (TPSA) is 31.4 Å². The third-order valence-electron chi connectivity index (χ3n) is 3.37. The normalized spacial score (nSPS) is 17.4. The number of anilines is 1. The molecule has 1 N–H and O–H groups in total. The van der Waals surface area contributed by atoms with Gasteiger partial charge in [-0.3, -0.25) is 0 Å². The molecular formula is C14H24N4. The zero-order valence-corrected chi connectivity index (χ0v) is 11.7. The average Bonchev–Trinajstić information content (AvgIpc) is 2.38. The Morgan fingerprint density at radius 3 is 2.67 bits per heavy atom. The molecule has 0 amide bonds. The zero-order valence-electron chi connectivity index (χ0n) is 11.7. The Hall–Kier alpha value is -1.13. The molecule has 1 aliphatic heterocycles. The molecule has 1 aromatic heterocycles. The molecule has 0 bridgehead atoms. The van der Waals surface area contributed by atoms with Gasteiger partial charge in [-0.25, -0.2) is 4.98 Å². The van der Waals surface area contributed by atoms with Gasteiger partial charge in [0.15, 0.2) is 0 Å².